The van der Waals surface area contributed by atoms with E-state index in [1.807, 2.05) is 24.9 Å². The zero-order valence-corrected chi connectivity index (χ0v) is 12.0. The number of hydrogen-bond acceptors (Lipinski definition) is 2. The van der Waals surface area contributed by atoms with Crippen molar-refractivity contribution in [3.8, 4) is 6.07 Å². The highest BCUT2D eigenvalue weighted by molar-refractivity contribution is 5.33. The summed E-state index contributed by atoms with van der Waals surface area (Å²) >= 11 is 0. The largest absolute Gasteiger partial charge is 0.295 e. The van der Waals surface area contributed by atoms with Crippen LogP contribution in [0.4, 0.5) is 8.78 Å². The summed E-state index contributed by atoms with van der Waals surface area (Å²) in [6, 6.07) is 12.7. The number of halogens is 2. The third-order valence-corrected chi connectivity index (χ3v) is 3.62. The smallest absolute Gasteiger partial charge is 0.129 e. The van der Waals surface area contributed by atoms with E-state index in [1.165, 1.54) is 12.1 Å². The minimum atomic E-state index is -0.415. The predicted octanol–water partition coefficient (Wildman–Crippen LogP) is 4.03. The maximum absolute atomic E-state index is 13.9. The van der Waals surface area contributed by atoms with E-state index in [1.54, 1.807) is 30.3 Å². The van der Waals surface area contributed by atoms with Gasteiger partial charge in [0, 0.05) is 23.7 Å². The van der Waals surface area contributed by atoms with Crippen LogP contribution in [-0.4, -0.2) is 11.9 Å². The number of nitrogens with zero attached hydrogens (tertiary/aromatic N) is 2. The summed E-state index contributed by atoms with van der Waals surface area (Å²) in [5.74, 6) is -0.682. The normalized spacial score (nSPS) is 12.2. The van der Waals surface area contributed by atoms with Crippen molar-refractivity contribution < 1.29 is 8.78 Å². The molecule has 0 radical (unpaired) electrons. The lowest BCUT2D eigenvalue weighted by molar-refractivity contribution is 0.244. The zero-order valence-electron chi connectivity index (χ0n) is 12.0. The maximum Gasteiger partial charge on any atom is 0.129 e. The molecule has 21 heavy (non-hydrogen) atoms. The Kier molecular flexibility index (Phi) is 4.66. The van der Waals surface area contributed by atoms with E-state index >= 15 is 0 Å². The van der Waals surface area contributed by atoms with E-state index in [9.17, 15) is 8.78 Å². The van der Waals surface area contributed by atoms with Gasteiger partial charge in [-0.1, -0.05) is 24.3 Å². The Hall–Kier alpha value is -2.25. The second-order valence-electron chi connectivity index (χ2n) is 5.03. The Morgan fingerprint density at radius 1 is 1.14 bits per heavy atom. The van der Waals surface area contributed by atoms with E-state index in [4.69, 9.17) is 5.26 Å². The fourth-order valence-electron chi connectivity index (χ4n) is 2.20. The molecule has 0 amide bonds. The van der Waals surface area contributed by atoms with Gasteiger partial charge in [-0.05, 0) is 32.2 Å². The monoisotopic (exact) mass is 286 g/mol. The first-order valence-electron chi connectivity index (χ1n) is 6.66. The van der Waals surface area contributed by atoms with E-state index in [0.29, 0.717) is 23.2 Å². The third-order valence-electron chi connectivity index (χ3n) is 3.62. The molecule has 0 aromatic heterocycles. The summed E-state index contributed by atoms with van der Waals surface area (Å²) in [5.41, 5.74) is 1.36. The molecular formula is C17H16F2N2. The molecule has 0 aliphatic rings. The number of nitriles is 1. The summed E-state index contributed by atoms with van der Waals surface area (Å²) in [6.07, 6.45) is 0. The Labute approximate surface area is 123 Å². The van der Waals surface area contributed by atoms with Crippen LogP contribution in [0, 0.1) is 23.0 Å². The summed E-state index contributed by atoms with van der Waals surface area (Å²) < 4.78 is 27.7. The maximum atomic E-state index is 13.9. The van der Waals surface area contributed by atoms with Crippen molar-refractivity contribution in [3.05, 3.63) is 70.8 Å². The minimum Gasteiger partial charge on any atom is -0.295 e. The highest BCUT2D eigenvalue weighted by Crippen LogP contribution is 2.24. The van der Waals surface area contributed by atoms with Crippen LogP contribution in [0.2, 0.25) is 0 Å². The lowest BCUT2D eigenvalue weighted by Gasteiger charge is -2.25. The van der Waals surface area contributed by atoms with Crippen molar-refractivity contribution in [1.82, 2.24) is 4.90 Å². The molecule has 4 heteroatoms. The van der Waals surface area contributed by atoms with E-state index in [0.717, 1.165) is 0 Å². The first-order chi connectivity index (χ1) is 10.0. The summed E-state index contributed by atoms with van der Waals surface area (Å²) in [4.78, 5) is 1.86. The second kappa shape index (κ2) is 6.47. The fourth-order valence-corrected chi connectivity index (χ4v) is 2.20. The van der Waals surface area contributed by atoms with Gasteiger partial charge in [0.05, 0.1) is 11.6 Å². The van der Waals surface area contributed by atoms with Gasteiger partial charge < -0.3 is 0 Å². The van der Waals surface area contributed by atoms with Crippen LogP contribution in [0.1, 0.15) is 29.7 Å². The van der Waals surface area contributed by atoms with E-state index in [2.05, 4.69) is 0 Å². The number of benzene rings is 2. The molecule has 0 bridgehead atoms. The average Bonchev–Trinajstić information content (AvgIpc) is 2.49. The van der Waals surface area contributed by atoms with Gasteiger partial charge in [0.1, 0.15) is 11.6 Å². The van der Waals surface area contributed by atoms with Crippen LogP contribution in [0.5, 0.6) is 0 Å². The molecular weight excluding hydrogens is 270 g/mol. The van der Waals surface area contributed by atoms with Gasteiger partial charge >= 0.3 is 0 Å². The van der Waals surface area contributed by atoms with Crippen molar-refractivity contribution in [2.24, 2.45) is 0 Å². The molecule has 0 N–H and O–H groups in total. The molecule has 1 unspecified atom stereocenters. The van der Waals surface area contributed by atoms with Gasteiger partial charge in [-0.15, -0.1) is 0 Å². The molecule has 2 nitrogen and oxygen atoms in total. The molecule has 0 saturated carbocycles. The first kappa shape index (κ1) is 15.1. The van der Waals surface area contributed by atoms with Gasteiger partial charge in [-0.25, -0.2) is 8.78 Å². The van der Waals surface area contributed by atoms with E-state index in [-0.39, 0.29) is 11.9 Å². The van der Waals surface area contributed by atoms with Crippen molar-refractivity contribution in [3.63, 3.8) is 0 Å². The van der Waals surface area contributed by atoms with Crippen molar-refractivity contribution in [2.75, 3.05) is 7.05 Å². The van der Waals surface area contributed by atoms with Gasteiger partial charge in [0.15, 0.2) is 0 Å². The molecule has 0 spiro atoms. The molecule has 2 aromatic carbocycles. The molecule has 0 heterocycles. The Morgan fingerprint density at radius 2 is 1.86 bits per heavy atom. The Balaban J connectivity index is 2.16. The third kappa shape index (κ3) is 3.45. The summed E-state index contributed by atoms with van der Waals surface area (Å²) in [7, 11) is 1.81. The highest BCUT2D eigenvalue weighted by atomic mass is 19.1. The van der Waals surface area contributed by atoms with Crippen molar-refractivity contribution in [1.29, 1.82) is 5.26 Å². The molecule has 0 saturated heterocycles. The lowest BCUT2D eigenvalue weighted by Crippen LogP contribution is -2.23. The Bertz CT molecular complexity index is 677. The van der Waals surface area contributed by atoms with E-state index < -0.39 is 5.82 Å². The van der Waals surface area contributed by atoms with Crippen LogP contribution in [0.25, 0.3) is 0 Å². The second-order valence-corrected chi connectivity index (χ2v) is 5.03. The molecule has 108 valence electrons. The highest BCUT2D eigenvalue weighted by Gasteiger charge is 2.16. The average molecular weight is 286 g/mol. The SMILES string of the molecule is CC(c1ccccc1F)N(C)Cc1ccc(C#N)cc1F. The quantitative estimate of drug-likeness (QED) is 0.848. The van der Waals surface area contributed by atoms with Gasteiger partial charge in [0.25, 0.3) is 0 Å². The van der Waals surface area contributed by atoms with Crippen LogP contribution in [-0.2, 0) is 6.54 Å². The lowest BCUT2D eigenvalue weighted by atomic mass is 10.1. The molecule has 1 atom stereocenters. The van der Waals surface area contributed by atoms with Gasteiger partial charge in [-0.2, -0.15) is 5.26 Å². The van der Waals surface area contributed by atoms with Crippen molar-refractivity contribution in [2.45, 2.75) is 19.5 Å². The van der Waals surface area contributed by atoms with Gasteiger partial charge in [-0.3, -0.25) is 4.90 Å². The van der Waals surface area contributed by atoms with Crippen LogP contribution in [0.15, 0.2) is 42.5 Å². The van der Waals surface area contributed by atoms with Crippen LogP contribution < -0.4 is 0 Å². The van der Waals surface area contributed by atoms with Crippen LogP contribution >= 0.6 is 0 Å². The standard InChI is InChI=1S/C17H16F2N2/c1-12(15-5-3-4-6-16(15)18)21(2)11-14-8-7-13(10-20)9-17(14)19/h3-9,12H,11H2,1-2H3. The van der Waals surface area contributed by atoms with Crippen molar-refractivity contribution >= 4 is 0 Å². The van der Waals surface area contributed by atoms with Crippen LogP contribution in [0.3, 0.4) is 0 Å². The number of rotatable bonds is 4. The predicted molar refractivity (Wildman–Crippen MR) is 77.4 cm³/mol. The molecule has 0 aliphatic carbocycles. The fraction of sp³-hybridized carbons (Fsp3) is 0.235. The molecule has 0 aliphatic heterocycles. The summed E-state index contributed by atoms with van der Waals surface area (Å²) in [6.45, 7) is 2.22. The summed E-state index contributed by atoms with van der Waals surface area (Å²) in [5, 5.41) is 8.73. The minimum absolute atomic E-state index is 0.179. The Morgan fingerprint density at radius 3 is 2.48 bits per heavy atom. The molecule has 0 fully saturated rings. The first-order valence-corrected chi connectivity index (χ1v) is 6.66. The zero-order chi connectivity index (χ0) is 15.4. The topological polar surface area (TPSA) is 27.0 Å². The molecule has 2 aromatic rings. The van der Waals surface area contributed by atoms with Gasteiger partial charge in [0.2, 0.25) is 0 Å². The number of hydrogen-bond donors (Lipinski definition) is 0. The molecule has 2 rings (SSSR count).